The second-order valence-electron chi connectivity index (χ2n) is 5.24. The molecule has 19 heavy (non-hydrogen) atoms. The number of rotatable bonds is 3. The van der Waals surface area contributed by atoms with Crippen LogP contribution in [0.5, 0.6) is 0 Å². The van der Waals surface area contributed by atoms with Crippen LogP contribution in [-0.4, -0.2) is 34.3 Å². The predicted molar refractivity (Wildman–Crippen MR) is 73.7 cm³/mol. The van der Waals surface area contributed by atoms with Crippen molar-refractivity contribution in [1.82, 2.24) is 15.2 Å². The van der Waals surface area contributed by atoms with Crippen molar-refractivity contribution >= 4 is 23.2 Å². The summed E-state index contributed by atoms with van der Waals surface area (Å²) in [7, 11) is 0. The van der Waals surface area contributed by atoms with Crippen molar-refractivity contribution in [2.24, 2.45) is 5.92 Å². The maximum Gasteiger partial charge on any atom is 0.246 e. The molecule has 104 valence electrons. The summed E-state index contributed by atoms with van der Waals surface area (Å²) in [6.45, 7) is 7.89. The number of piperazine rings is 1. The summed E-state index contributed by atoms with van der Waals surface area (Å²) in [5, 5.41) is 3.64. The molecule has 6 heteroatoms. The van der Waals surface area contributed by atoms with Crippen molar-refractivity contribution in [3.8, 4) is 0 Å². The molecule has 2 atom stereocenters. The average Bonchev–Trinajstić information content (AvgIpc) is 2.77. The third kappa shape index (κ3) is 2.78. The monoisotopic (exact) mass is 281 g/mol. The summed E-state index contributed by atoms with van der Waals surface area (Å²) in [4.78, 5) is 31.2. The van der Waals surface area contributed by atoms with Crippen molar-refractivity contribution in [2.75, 3.05) is 6.54 Å². The van der Waals surface area contributed by atoms with E-state index in [9.17, 15) is 9.59 Å². The van der Waals surface area contributed by atoms with Gasteiger partial charge in [-0.3, -0.25) is 9.59 Å². The zero-order chi connectivity index (χ0) is 14.2. The smallest absolute Gasteiger partial charge is 0.246 e. The van der Waals surface area contributed by atoms with Crippen molar-refractivity contribution < 1.29 is 9.59 Å². The van der Waals surface area contributed by atoms with Gasteiger partial charge < -0.3 is 10.2 Å². The van der Waals surface area contributed by atoms with Gasteiger partial charge in [0, 0.05) is 11.1 Å². The van der Waals surface area contributed by atoms with E-state index in [1.165, 1.54) is 0 Å². The zero-order valence-corrected chi connectivity index (χ0v) is 12.5. The number of thiazole rings is 1. The lowest BCUT2D eigenvalue weighted by molar-refractivity contribution is -0.147. The molecule has 0 aromatic carbocycles. The van der Waals surface area contributed by atoms with Gasteiger partial charge in [0.05, 0.1) is 6.04 Å². The number of hydrogen-bond acceptors (Lipinski definition) is 4. The Morgan fingerprint density at radius 3 is 2.63 bits per heavy atom. The number of aromatic nitrogens is 1. The van der Waals surface area contributed by atoms with Crippen molar-refractivity contribution in [3.05, 3.63) is 16.1 Å². The molecule has 1 aliphatic rings. The van der Waals surface area contributed by atoms with Crippen LogP contribution in [0.3, 0.4) is 0 Å². The van der Waals surface area contributed by atoms with Gasteiger partial charge in [-0.05, 0) is 19.8 Å². The van der Waals surface area contributed by atoms with Crippen LogP contribution < -0.4 is 5.32 Å². The number of carbonyl (C=O) groups excluding carboxylic acids is 2. The van der Waals surface area contributed by atoms with E-state index >= 15 is 0 Å². The van der Waals surface area contributed by atoms with E-state index < -0.39 is 6.04 Å². The van der Waals surface area contributed by atoms with Crippen molar-refractivity contribution in [1.29, 1.82) is 0 Å². The standard InChI is InChI=1S/C13H19N3O2S/c1-7(2)11-13(18)16(6-10(17)15-11)9(4)12-14-5-8(3)19-12/h5,7,9,11H,6H2,1-4H3,(H,15,17). The van der Waals surface area contributed by atoms with E-state index in [1.807, 2.05) is 27.7 Å². The van der Waals surface area contributed by atoms with Gasteiger partial charge in [0.15, 0.2) is 0 Å². The third-order valence-corrected chi connectivity index (χ3v) is 4.39. The first-order chi connectivity index (χ1) is 8.90. The van der Waals surface area contributed by atoms with Crippen LogP contribution in [0.25, 0.3) is 0 Å². The molecule has 2 heterocycles. The molecule has 0 bridgehead atoms. The number of amides is 2. The molecule has 1 aromatic heterocycles. The summed E-state index contributed by atoms with van der Waals surface area (Å²) in [5.41, 5.74) is 0. The van der Waals surface area contributed by atoms with Gasteiger partial charge in [-0.25, -0.2) is 4.98 Å². The molecule has 2 amide bonds. The Hall–Kier alpha value is -1.43. The fraction of sp³-hybridized carbons (Fsp3) is 0.615. The number of aryl methyl sites for hydroxylation is 1. The molecule has 5 nitrogen and oxygen atoms in total. The highest BCUT2D eigenvalue weighted by atomic mass is 32.1. The zero-order valence-electron chi connectivity index (χ0n) is 11.6. The molecule has 0 aliphatic carbocycles. The number of hydrogen-bond donors (Lipinski definition) is 1. The summed E-state index contributed by atoms with van der Waals surface area (Å²) in [6, 6.07) is -0.580. The molecule has 0 spiro atoms. The third-order valence-electron chi connectivity index (χ3n) is 3.31. The first kappa shape index (κ1) is 14.0. The van der Waals surface area contributed by atoms with Gasteiger partial charge in [0.1, 0.15) is 17.6 Å². The Balaban J connectivity index is 2.22. The lowest BCUT2D eigenvalue weighted by atomic mass is 10.00. The van der Waals surface area contributed by atoms with Gasteiger partial charge in [-0.15, -0.1) is 11.3 Å². The fourth-order valence-corrected chi connectivity index (χ4v) is 3.01. The summed E-state index contributed by atoms with van der Waals surface area (Å²) < 4.78 is 0. The average molecular weight is 281 g/mol. The number of nitrogens with one attached hydrogen (secondary N) is 1. The Labute approximate surface area is 117 Å². The van der Waals surface area contributed by atoms with Crippen molar-refractivity contribution in [2.45, 2.75) is 39.8 Å². The van der Waals surface area contributed by atoms with Gasteiger partial charge >= 0.3 is 0 Å². The summed E-state index contributed by atoms with van der Waals surface area (Å²) in [6.07, 6.45) is 1.80. The van der Waals surface area contributed by atoms with Crippen LogP contribution in [0.15, 0.2) is 6.20 Å². The molecule has 2 unspecified atom stereocenters. The number of carbonyl (C=O) groups is 2. The van der Waals surface area contributed by atoms with E-state index in [-0.39, 0.29) is 30.3 Å². The molecular weight excluding hydrogens is 262 g/mol. The van der Waals surface area contributed by atoms with Gasteiger partial charge in [-0.1, -0.05) is 13.8 Å². The Bertz CT molecular complexity index is 498. The van der Waals surface area contributed by atoms with Crippen LogP contribution in [0.2, 0.25) is 0 Å². The highest BCUT2D eigenvalue weighted by Crippen LogP contribution is 2.27. The minimum Gasteiger partial charge on any atom is -0.343 e. The minimum absolute atomic E-state index is 0.0186. The van der Waals surface area contributed by atoms with Crippen LogP contribution in [-0.2, 0) is 9.59 Å². The molecule has 0 saturated carbocycles. The van der Waals surface area contributed by atoms with Gasteiger partial charge in [-0.2, -0.15) is 0 Å². The lowest BCUT2D eigenvalue weighted by Gasteiger charge is -2.37. The Morgan fingerprint density at radius 2 is 2.11 bits per heavy atom. The van der Waals surface area contributed by atoms with E-state index in [1.54, 1.807) is 22.4 Å². The fourth-order valence-electron chi connectivity index (χ4n) is 2.17. The first-order valence-electron chi connectivity index (χ1n) is 6.42. The second-order valence-corrected chi connectivity index (χ2v) is 6.51. The van der Waals surface area contributed by atoms with Crippen LogP contribution in [0, 0.1) is 12.8 Å². The molecule has 0 radical (unpaired) electrons. The van der Waals surface area contributed by atoms with Crippen LogP contribution >= 0.6 is 11.3 Å². The van der Waals surface area contributed by atoms with E-state index in [0.29, 0.717) is 0 Å². The maximum absolute atomic E-state index is 12.4. The molecule has 1 aliphatic heterocycles. The van der Waals surface area contributed by atoms with E-state index in [4.69, 9.17) is 0 Å². The molecule has 1 N–H and O–H groups in total. The van der Waals surface area contributed by atoms with Gasteiger partial charge in [0.25, 0.3) is 0 Å². The highest BCUT2D eigenvalue weighted by molar-refractivity contribution is 7.11. The minimum atomic E-state index is -0.426. The highest BCUT2D eigenvalue weighted by Gasteiger charge is 2.37. The normalized spacial score (nSPS) is 21.7. The Morgan fingerprint density at radius 1 is 1.42 bits per heavy atom. The quantitative estimate of drug-likeness (QED) is 0.913. The van der Waals surface area contributed by atoms with Gasteiger partial charge in [0.2, 0.25) is 11.8 Å². The Kier molecular flexibility index (Phi) is 3.89. The second kappa shape index (κ2) is 5.28. The molecule has 1 aromatic rings. The van der Waals surface area contributed by atoms with E-state index in [2.05, 4.69) is 10.3 Å². The van der Waals surface area contributed by atoms with Crippen LogP contribution in [0.1, 0.15) is 36.7 Å². The molecular formula is C13H19N3O2S. The van der Waals surface area contributed by atoms with Crippen LogP contribution in [0.4, 0.5) is 0 Å². The topological polar surface area (TPSA) is 62.3 Å². The molecule has 1 saturated heterocycles. The first-order valence-corrected chi connectivity index (χ1v) is 7.24. The van der Waals surface area contributed by atoms with E-state index in [0.717, 1.165) is 9.88 Å². The number of nitrogens with zero attached hydrogens (tertiary/aromatic N) is 2. The summed E-state index contributed by atoms with van der Waals surface area (Å²) >= 11 is 1.57. The van der Waals surface area contributed by atoms with Crippen molar-refractivity contribution in [3.63, 3.8) is 0 Å². The lowest BCUT2D eigenvalue weighted by Crippen LogP contribution is -2.60. The maximum atomic E-state index is 12.4. The molecule has 2 rings (SSSR count). The predicted octanol–water partition coefficient (Wildman–Crippen LogP) is 1.50. The SMILES string of the molecule is Cc1cnc(C(C)N2CC(=O)NC(C(C)C)C2=O)s1. The summed E-state index contributed by atoms with van der Waals surface area (Å²) in [5.74, 6) is -0.0298. The largest absolute Gasteiger partial charge is 0.343 e. The molecule has 1 fully saturated rings.